The lowest BCUT2D eigenvalue weighted by atomic mass is 10.3. The molecule has 8 nitrogen and oxygen atoms in total. The van der Waals surface area contributed by atoms with Crippen molar-refractivity contribution < 1.29 is 9.53 Å². The lowest BCUT2D eigenvalue weighted by Gasteiger charge is -2.14. The molecule has 0 aliphatic carbocycles. The zero-order valence-corrected chi connectivity index (χ0v) is 12.3. The number of rotatable bonds is 6. The van der Waals surface area contributed by atoms with Gasteiger partial charge in [0.05, 0.1) is 24.5 Å². The van der Waals surface area contributed by atoms with Crippen molar-refractivity contribution in [1.29, 1.82) is 0 Å². The van der Waals surface area contributed by atoms with Gasteiger partial charge in [-0.1, -0.05) is 0 Å². The Bertz CT molecular complexity index is 595. The summed E-state index contributed by atoms with van der Waals surface area (Å²) in [4.78, 5) is 20.2. The molecular formula is C13H18N6O2. The van der Waals surface area contributed by atoms with Crippen LogP contribution in [0.25, 0.3) is 0 Å². The zero-order chi connectivity index (χ0) is 15.2. The van der Waals surface area contributed by atoms with E-state index in [1.165, 1.54) is 6.20 Å². The third-order valence-corrected chi connectivity index (χ3v) is 2.93. The van der Waals surface area contributed by atoms with Crippen molar-refractivity contribution in [2.24, 2.45) is 0 Å². The van der Waals surface area contributed by atoms with E-state index in [0.717, 1.165) is 5.69 Å². The second kappa shape index (κ2) is 6.89. The van der Waals surface area contributed by atoms with Crippen LogP contribution in [0.4, 0.5) is 0 Å². The number of aryl methyl sites for hydroxylation is 1. The third-order valence-electron chi connectivity index (χ3n) is 2.93. The van der Waals surface area contributed by atoms with Crippen molar-refractivity contribution in [3.63, 3.8) is 0 Å². The van der Waals surface area contributed by atoms with E-state index < -0.39 is 0 Å². The normalized spacial score (nSPS) is 12.1. The van der Waals surface area contributed by atoms with Crippen molar-refractivity contribution in [2.45, 2.75) is 26.4 Å². The van der Waals surface area contributed by atoms with Gasteiger partial charge in [0.2, 0.25) is 0 Å². The van der Waals surface area contributed by atoms with E-state index in [1.807, 2.05) is 18.4 Å². The fourth-order valence-corrected chi connectivity index (χ4v) is 1.81. The van der Waals surface area contributed by atoms with E-state index in [1.54, 1.807) is 19.6 Å². The quantitative estimate of drug-likeness (QED) is 0.833. The number of hydrogen-bond donors (Lipinski definition) is 1. The Morgan fingerprint density at radius 2 is 2.24 bits per heavy atom. The number of amides is 1. The van der Waals surface area contributed by atoms with Crippen LogP contribution >= 0.6 is 0 Å². The summed E-state index contributed by atoms with van der Waals surface area (Å²) in [6, 6.07) is -0.292. The van der Waals surface area contributed by atoms with Crippen LogP contribution in [0, 0.1) is 6.92 Å². The molecule has 0 aliphatic rings. The van der Waals surface area contributed by atoms with Gasteiger partial charge in [-0.2, -0.15) is 0 Å². The SMILES string of the molecule is COCCn1cnnc1[C@@H](C)NC(=O)c1cnc(C)cn1. The number of carbonyl (C=O) groups excluding carboxylic acids is 1. The van der Waals surface area contributed by atoms with Gasteiger partial charge in [0.15, 0.2) is 5.82 Å². The second-order valence-corrected chi connectivity index (χ2v) is 4.61. The summed E-state index contributed by atoms with van der Waals surface area (Å²) in [5.74, 6) is 0.372. The predicted molar refractivity (Wildman–Crippen MR) is 74.5 cm³/mol. The topological polar surface area (TPSA) is 94.8 Å². The Kier molecular flexibility index (Phi) is 4.94. The Labute approximate surface area is 122 Å². The Morgan fingerprint density at radius 1 is 1.43 bits per heavy atom. The molecule has 0 saturated heterocycles. The lowest BCUT2D eigenvalue weighted by Crippen LogP contribution is -2.29. The van der Waals surface area contributed by atoms with E-state index in [0.29, 0.717) is 19.0 Å². The summed E-state index contributed by atoms with van der Waals surface area (Å²) >= 11 is 0. The second-order valence-electron chi connectivity index (χ2n) is 4.61. The third kappa shape index (κ3) is 3.82. The first kappa shape index (κ1) is 15.0. The number of nitrogens with one attached hydrogen (secondary N) is 1. The van der Waals surface area contributed by atoms with E-state index in [9.17, 15) is 4.79 Å². The van der Waals surface area contributed by atoms with Gasteiger partial charge in [-0.25, -0.2) is 4.98 Å². The van der Waals surface area contributed by atoms with Gasteiger partial charge in [0, 0.05) is 19.9 Å². The molecule has 2 aromatic heterocycles. The molecule has 2 rings (SSSR count). The van der Waals surface area contributed by atoms with Gasteiger partial charge < -0.3 is 14.6 Å². The molecule has 0 unspecified atom stereocenters. The number of ether oxygens (including phenoxy) is 1. The van der Waals surface area contributed by atoms with Gasteiger partial charge in [-0.05, 0) is 13.8 Å². The first-order chi connectivity index (χ1) is 10.1. The molecule has 2 heterocycles. The van der Waals surface area contributed by atoms with Gasteiger partial charge in [0.1, 0.15) is 12.0 Å². The number of nitrogens with zero attached hydrogens (tertiary/aromatic N) is 5. The Hall–Kier alpha value is -2.35. The van der Waals surface area contributed by atoms with E-state index >= 15 is 0 Å². The van der Waals surface area contributed by atoms with Gasteiger partial charge >= 0.3 is 0 Å². The Morgan fingerprint density at radius 3 is 2.90 bits per heavy atom. The van der Waals surface area contributed by atoms with Crippen molar-refractivity contribution in [2.75, 3.05) is 13.7 Å². The molecule has 0 radical (unpaired) electrons. The molecule has 1 N–H and O–H groups in total. The highest BCUT2D eigenvalue weighted by Gasteiger charge is 2.17. The monoisotopic (exact) mass is 290 g/mol. The van der Waals surface area contributed by atoms with Crippen LogP contribution in [-0.4, -0.2) is 44.4 Å². The van der Waals surface area contributed by atoms with E-state index in [-0.39, 0.29) is 17.6 Å². The first-order valence-corrected chi connectivity index (χ1v) is 6.58. The maximum Gasteiger partial charge on any atom is 0.272 e. The fourth-order valence-electron chi connectivity index (χ4n) is 1.81. The highest BCUT2D eigenvalue weighted by molar-refractivity contribution is 5.92. The summed E-state index contributed by atoms with van der Waals surface area (Å²) < 4.78 is 6.87. The smallest absolute Gasteiger partial charge is 0.272 e. The molecule has 1 atom stereocenters. The molecule has 0 spiro atoms. The number of aromatic nitrogens is 5. The molecular weight excluding hydrogens is 272 g/mol. The highest BCUT2D eigenvalue weighted by Crippen LogP contribution is 2.09. The van der Waals surface area contributed by atoms with Crippen molar-refractivity contribution in [3.8, 4) is 0 Å². The summed E-state index contributed by atoms with van der Waals surface area (Å²) in [5, 5.41) is 10.7. The molecule has 0 aromatic carbocycles. The lowest BCUT2D eigenvalue weighted by molar-refractivity contribution is 0.0931. The highest BCUT2D eigenvalue weighted by atomic mass is 16.5. The fraction of sp³-hybridized carbons (Fsp3) is 0.462. The van der Waals surface area contributed by atoms with Gasteiger partial charge in [-0.3, -0.25) is 9.78 Å². The number of methoxy groups -OCH3 is 1. The van der Waals surface area contributed by atoms with Gasteiger partial charge in [-0.15, -0.1) is 10.2 Å². The molecule has 112 valence electrons. The van der Waals surface area contributed by atoms with Crippen LogP contribution in [0.5, 0.6) is 0 Å². The molecule has 0 bridgehead atoms. The van der Waals surface area contributed by atoms with Crippen LogP contribution in [-0.2, 0) is 11.3 Å². The van der Waals surface area contributed by atoms with Crippen LogP contribution in [0.3, 0.4) is 0 Å². The van der Waals surface area contributed by atoms with Crippen LogP contribution in [0.1, 0.15) is 35.0 Å². The standard InChI is InChI=1S/C13H18N6O2/c1-9-6-15-11(7-14-9)13(20)17-10(2)12-18-16-8-19(12)4-5-21-3/h6-8,10H,4-5H2,1-3H3,(H,17,20)/t10-/m1/s1. The molecule has 0 fully saturated rings. The van der Waals surface area contributed by atoms with Crippen LogP contribution < -0.4 is 5.32 Å². The van der Waals surface area contributed by atoms with E-state index in [2.05, 4.69) is 25.5 Å². The zero-order valence-electron chi connectivity index (χ0n) is 12.3. The van der Waals surface area contributed by atoms with Crippen molar-refractivity contribution in [1.82, 2.24) is 30.0 Å². The molecule has 0 saturated carbocycles. The largest absolute Gasteiger partial charge is 0.383 e. The minimum absolute atomic E-state index is 0.274. The Balaban J connectivity index is 2.03. The molecule has 21 heavy (non-hydrogen) atoms. The maximum absolute atomic E-state index is 12.1. The number of carbonyl (C=O) groups is 1. The van der Waals surface area contributed by atoms with Crippen LogP contribution in [0.15, 0.2) is 18.7 Å². The number of hydrogen-bond acceptors (Lipinski definition) is 6. The molecule has 8 heteroatoms. The summed E-state index contributed by atoms with van der Waals surface area (Å²) in [5.41, 5.74) is 1.04. The maximum atomic E-state index is 12.1. The summed E-state index contributed by atoms with van der Waals surface area (Å²) in [7, 11) is 1.63. The van der Waals surface area contributed by atoms with E-state index in [4.69, 9.17) is 4.74 Å². The van der Waals surface area contributed by atoms with Crippen molar-refractivity contribution in [3.05, 3.63) is 35.9 Å². The minimum atomic E-state index is -0.295. The summed E-state index contributed by atoms with van der Waals surface area (Å²) in [6.07, 6.45) is 4.62. The van der Waals surface area contributed by atoms with Gasteiger partial charge in [0.25, 0.3) is 5.91 Å². The minimum Gasteiger partial charge on any atom is -0.383 e. The molecule has 2 aromatic rings. The first-order valence-electron chi connectivity index (χ1n) is 6.58. The average Bonchev–Trinajstić information content (AvgIpc) is 2.94. The van der Waals surface area contributed by atoms with Crippen molar-refractivity contribution >= 4 is 5.91 Å². The van der Waals surface area contributed by atoms with Crippen LogP contribution in [0.2, 0.25) is 0 Å². The average molecular weight is 290 g/mol. The molecule has 0 aliphatic heterocycles. The molecule has 1 amide bonds. The summed E-state index contributed by atoms with van der Waals surface area (Å²) in [6.45, 7) is 4.83. The predicted octanol–water partition coefficient (Wildman–Crippen LogP) is 0.514.